The van der Waals surface area contributed by atoms with Crippen LogP contribution in [0.5, 0.6) is 0 Å². The normalized spacial score (nSPS) is 42.8. The van der Waals surface area contributed by atoms with Crippen LogP contribution in [0.25, 0.3) is 0 Å². The maximum atomic E-state index is 6.03. The highest BCUT2D eigenvalue weighted by molar-refractivity contribution is 4.80. The van der Waals surface area contributed by atoms with Crippen molar-refractivity contribution in [3.63, 3.8) is 0 Å². The minimum Gasteiger partial charge on any atom is -0.328 e. The van der Waals surface area contributed by atoms with E-state index in [1.165, 1.54) is 57.8 Å². The highest BCUT2D eigenvalue weighted by atomic mass is 14.6. The third-order valence-electron chi connectivity index (χ3n) is 4.38. The minimum atomic E-state index is 0.495. The molecular weight excluding hydrogens is 184 g/mol. The lowest BCUT2D eigenvalue weighted by molar-refractivity contribution is 0.223. The van der Waals surface area contributed by atoms with Crippen molar-refractivity contribution in [2.24, 2.45) is 23.3 Å². The number of hydrogen-bond acceptors (Lipinski definition) is 2. The summed E-state index contributed by atoms with van der Waals surface area (Å²) < 4.78 is 0. The quantitative estimate of drug-likeness (QED) is 0.735. The Balaban J connectivity index is 1.71. The predicted octanol–water partition coefficient (Wildman–Crippen LogP) is 2.41. The molecule has 0 amide bonds. The molecule has 2 fully saturated rings. The van der Waals surface area contributed by atoms with E-state index in [-0.39, 0.29) is 0 Å². The summed E-state index contributed by atoms with van der Waals surface area (Å²) in [5, 5.41) is 0. The van der Waals surface area contributed by atoms with Crippen molar-refractivity contribution in [2.45, 2.75) is 69.9 Å². The second-order valence-corrected chi connectivity index (χ2v) is 5.81. The summed E-state index contributed by atoms with van der Waals surface area (Å²) in [6, 6.07) is 0.990. The van der Waals surface area contributed by atoms with Crippen molar-refractivity contribution in [3.05, 3.63) is 0 Å². The van der Waals surface area contributed by atoms with Gasteiger partial charge in [0.05, 0.1) is 0 Å². The summed E-state index contributed by atoms with van der Waals surface area (Å²) in [5.74, 6) is 1.88. The third kappa shape index (κ3) is 3.46. The molecule has 2 nitrogen and oxygen atoms in total. The van der Waals surface area contributed by atoms with E-state index in [0.717, 1.165) is 11.8 Å². The first kappa shape index (κ1) is 11.4. The van der Waals surface area contributed by atoms with Gasteiger partial charge in [-0.2, -0.15) is 0 Å². The highest BCUT2D eigenvalue weighted by Gasteiger charge is 2.25. The molecule has 2 aliphatic rings. The average molecular weight is 210 g/mol. The van der Waals surface area contributed by atoms with Gasteiger partial charge in [-0.15, -0.1) is 0 Å². The molecule has 2 heteroatoms. The van der Waals surface area contributed by atoms with Crippen molar-refractivity contribution in [1.29, 1.82) is 0 Å². The van der Waals surface area contributed by atoms with E-state index < -0.39 is 0 Å². The van der Waals surface area contributed by atoms with Gasteiger partial charge in [0, 0.05) is 12.1 Å². The topological polar surface area (TPSA) is 52.0 Å². The van der Waals surface area contributed by atoms with Gasteiger partial charge in [-0.25, -0.2) is 0 Å². The molecule has 0 radical (unpaired) electrons. The lowest BCUT2D eigenvalue weighted by Crippen LogP contribution is -2.31. The summed E-state index contributed by atoms with van der Waals surface area (Å²) in [6.07, 6.45) is 12.0. The van der Waals surface area contributed by atoms with Gasteiger partial charge in [-0.1, -0.05) is 12.8 Å². The summed E-state index contributed by atoms with van der Waals surface area (Å²) in [4.78, 5) is 0. The zero-order valence-corrected chi connectivity index (χ0v) is 9.83. The molecule has 2 unspecified atom stereocenters. The van der Waals surface area contributed by atoms with Crippen LogP contribution in [0.4, 0.5) is 0 Å². The molecule has 0 heterocycles. The Hall–Kier alpha value is -0.0800. The van der Waals surface area contributed by atoms with E-state index in [1.807, 2.05) is 0 Å². The monoisotopic (exact) mass is 210 g/mol. The fourth-order valence-electron chi connectivity index (χ4n) is 3.44. The van der Waals surface area contributed by atoms with E-state index in [9.17, 15) is 0 Å². The van der Waals surface area contributed by atoms with Crippen molar-refractivity contribution >= 4 is 0 Å². The van der Waals surface area contributed by atoms with Crippen LogP contribution in [-0.2, 0) is 0 Å². The van der Waals surface area contributed by atoms with Crippen LogP contribution in [0, 0.1) is 11.8 Å². The summed E-state index contributed by atoms with van der Waals surface area (Å²) in [6.45, 7) is 0. The van der Waals surface area contributed by atoms with Gasteiger partial charge in [0.25, 0.3) is 0 Å². The standard InChI is InChI=1S/C13H26N2/c14-12-6-4-10(5-7-12)8-11-2-1-3-13(15)9-11/h10-13H,1-9,14-15H2. The first-order valence-electron chi connectivity index (χ1n) is 6.75. The molecule has 0 aromatic heterocycles. The van der Waals surface area contributed by atoms with Gasteiger partial charge >= 0.3 is 0 Å². The molecule has 15 heavy (non-hydrogen) atoms. The molecule has 4 N–H and O–H groups in total. The number of rotatable bonds is 2. The van der Waals surface area contributed by atoms with Gasteiger partial charge in [0.15, 0.2) is 0 Å². The Morgan fingerprint density at radius 3 is 2.13 bits per heavy atom. The van der Waals surface area contributed by atoms with Crippen LogP contribution >= 0.6 is 0 Å². The molecule has 0 spiro atoms. The summed E-state index contributed by atoms with van der Waals surface area (Å²) in [7, 11) is 0. The van der Waals surface area contributed by atoms with Gasteiger partial charge < -0.3 is 11.5 Å². The molecule has 0 aliphatic heterocycles. The predicted molar refractivity (Wildman–Crippen MR) is 64.5 cm³/mol. The van der Waals surface area contributed by atoms with Gasteiger partial charge in [0.1, 0.15) is 0 Å². The van der Waals surface area contributed by atoms with E-state index in [1.54, 1.807) is 0 Å². The van der Waals surface area contributed by atoms with Crippen molar-refractivity contribution in [3.8, 4) is 0 Å². The summed E-state index contributed by atoms with van der Waals surface area (Å²) >= 11 is 0. The smallest absolute Gasteiger partial charge is 0.00414 e. The van der Waals surface area contributed by atoms with Crippen LogP contribution in [0.2, 0.25) is 0 Å². The van der Waals surface area contributed by atoms with E-state index >= 15 is 0 Å². The van der Waals surface area contributed by atoms with E-state index in [0.29, 0.717) is 12.1 Å². The van der Waals surface area contributed by atoms with Crippen LogP contribution < -0.4 is 11.5 Å². The maximum absolute atomic E-state index is 6.03. The summed E-state index contributed by atoms with van der Waals surface area (Å²) in [5.41, 5.74) is 12.0. The zero-order valence-electron chi connectivity index (χ0n) is 9.83. The molecule has 0 bridgehead atoms. The Morgan fingerprint density at radius 2 is 1.47 bits per heavy atom. The van der Waals surface area contributed by atoms with Crippen molar-refractivity contribution in [2.75, 3.05) is 0 Å². The molecule has 2 aliphatic carbocycles. The van der Waals surface area contributed by atoms with Crippen LogP contribution in [-0.4, -0.2) is 12.1 Å². The molecule has 2 saturated carbocycles. The molecule has 88 valence electrons. The first-order chi connectivity index (χ1) is 7.24. The third-order valence-corrected chi connectivity index (χ3v) is 4.38. The second kappa shape index (κ2) is 5.31. The molecule has 0 aromatic rings. The Labute approximate surface area is 93.8 Å². The maximum Gasteiger partial charge on any atom is 0.00414 e. The minimum absolute atomic E-state index is 0.495. The lowest BCUT2D eigenvalue weighted by atomic mass is 9.76. The largest absolute Gasteiger partial charge is 0.328 e. The molecule has 0 saturated heterocycles. The fourth-order valence-corrected chi connectivity index (χ4v) is 3.44. The van der Waals surface area contributed by atoms with Crippen molar-refractivity contribution in [1.82, 2.24) is 0 Å². The number of hydrogen-bond donors (Lipinski definition) is 2. The van der Waals surface area contributed by atoms with E-state index in [4.69, 9.17) is 11.5 Å². The first-order valence-corrected chi connectivity index (χ1v) is 6.75. The molecule has 0 aromatic carbocycles. The fraction of sp³-hybridized carbons (Fsp3) is 1.00. The van der Waals surface area contributed by atoms with Gasteiger partial charge in [0.2, 0.25) is 0 Å². The Bertz CT molecular complexity index is 185. The van der Waals surface area contributed by atoms with Crippen LogP contribution in [0.15, 0.2) is 0 Å². The Morgan fingerprint density at radius 1 is 0.733 bits per heavy atom. The average Bonchev–Trinajstić information content (AvgIpc) is 2.22. The molecule has 2 rings (SSSR count). The highest BCUT2D eigenvalue weighted by Crippen LogP contribution is 2.34. The van der Waals surface area contributed by atoms with Crippen LogP contribution in [0.1, 0.15) is 57.8 Å². The molecule has 2 atom stereocenters. The van der Waals surface area contributed by atoms with Crippen molar-refractivity contribution < 1.29 is 0 Å². The lowest BCUT2D eigenvalue weighted by Gasteiger charge is -2.32. The van der Waals surface area contributed by atoms with Crippen LogP contribution in [0.3, 0.4) is 0 Å². The van der Waals surface area contributed by atoms with Gasteiger partial charge in [-0.3, -0.25) is 0 Å². The SMILES string of the molecule is NC1CCC(CC2CCCC(N)C2)CC1. The Kier molecular flexibility index (Phi) is 4.04. The zero-order chi connectivity index (χ0) is 10.7. The van der Waals surface area contributed by atoms with E-state index in [2.05, 4.69) is 0 Å². The number of nitrogens with two attached hydrogens (primary N) is 2. The second-order valence-electron chi connectivity index (χ2n) is 5.81. The van der Waals surface area contributed by atoms with Gasteiger partial charge in [-0.05, 0) is 56.8 Å². The molecular formula is C13H26N2.